The molecule has 0 heteroatoms. The predicted molar refractivity (Wildman–Crippen MR) is 96.1 cm³/mol. The summed E-state index contributed by atoms with van der Waals surface area (Å²) in [7, 11) is 0. The molecule has 1 aliphatic rings. The van der Waals surface area contributed by atoms with Gasteiger partial charge in [-0.05, 0) is 35.1 Å². The lowest BCUT2D eigenvalue weighted by atomic mass is 9.74. The van der Waals surface area contributed by atoms with Gasteiger partial charge < -0.3 is 0 Å². The summed E-state index contributed by atoms with van der Waals surface area (Å²) in [6.07, 6.45) is 12.3. The number of aryl methyl sites for hydroxylation is 1. The van der Waals surface area contributed by atoms with E-state index in [4.69, 9.17) is 0 Å². The highest BCUT2D eigenvalue weighted by Crippen LogP contribution is 2.38. The fraction of sp³-hybridized carbons (Fsp3) is 0.273. The lowest BCUT2D eigenvalue weighted by molar-refractivity contribution is 0.601. The number of hydrogen-bond donors (Lipinski definition) is 0. The molecule has 0 aromatic heterocycles. The standard InChI is InChI=1S/C22H24/c1-3-9-18-12-14-19(15-13-18)20-10-5-6-11-21(20)22(2)16-7-4-8-17-22/h4-8,10-16H,3,9,17H2,1-2H3. The molecule has 0 spiro atoms. The summed E-state index contributed by atoms with van der Waals surface area (Å²) in [5, 5.41) is 0. The van der Waals surface area contributed by atoms with Crippen molar-refractivity contribution in [3.05, 3.63) is 84.0 Å². The fourth-order valence-electron chi connectivity index (χ4n) is 3.30. The molecular formula is C22H24. The average Bonchev–Trinajstić information content (AvgIpc) is 2.57. The molecule has 1 aliphatic carbocycles. The second-order valence-corrected chi connectivity index (χ2v) is 6.40. The zero-order valence-corrected chi connectivity index (χ0v) is 13.5. The van der Waals surface area contributed by atoms with Crippen LogP contribution in [-0.2, 0) is 11.8 Å². The first-order chi connectivity index (χ1) is 10.7. The van der Waals surface area contributed by atoms with Gasteiger partial charge in [0.15, 0.2) is 0 Å². The van der Waals surface area contributed by atoms with Crippen LogP contribution in [-0.4, -0.2) is 0 Å². The van der Waals surface area contributed by atoms with Crippen molar-refractivity contribution in [1.29, 1.82) is 0 Å². The topological polar surface area (TPSA) is 0 Å². The van der Waals surface area contributed by atoms with Crippen molar-refractivity contribution < 1.29 is 0 Å². The molecule has 0 N–H and O–H groups in total. The van der Waals surface area contributed by atoms with Crippen LogP contribution in [0.15, 0.2) is 72.8 Å². The zero-order chi connectivity index (χ0) is 15.4. The molecule has 1 atom stereocenters. The van der Waals surface area contributed by atoms with Crippen LogP contribution in [0.25, 0.3) is 11.1 Å². The van der Waals surface area contributed by atoms with Crippen LogP contribution < -0.4 is 0 Å². The first-order valence-electron chi connectivity index (χ1n) is 8.26. The van der Waals surface area contributed by atoms with Crippen molar-refractivity contribution >= 4 is 0 Å². The molecule has 0 amide bonds. The van der Waals surface area contributed by atoms with E-state index >= 15 is 0 Å². The van der Waals surface area contributed by atoms with Gasteiger partial charge in [0.05, 0.1) is 0 Å². The van der Waals surface area contributed by atoms with Gasteiger partial charge in [-0.1, -0.05) is 93.1 Å². The van der Waals surface area contributed by atoms with Gasteiger partial charge in [0, 0.05) is 5.41 Å². The summed E-state index contributed by atoms with van der Waals surface area (Å²) in [5.74, 6) is 0. The van der Waals surface area contributed by atoms with Gasteiger partial charge in [-0.25, -0.2) is 0 Å². The Labute approximate surface area is 134 Å². The van der Waals surface area contributed by atoms with Gasteiger partial charge in [0.2, 0.25) is 0 Å². The third kappa shape index (κ3) is 2.92. The molecule has 1 unspecified atom stereocenters. The minimum absolute atomic E-state index is 0.0907. The van der Waals surface area contributed by atoms with E-state index < -0.39 is 0 Å². The zero-order valence-electron chi connectivity index (χ0n) is 13.5. The summed E-state index contributed by atoms with van der Waals surface area (Å²) in [6, 6.07) is 17.9. The van der Waals surface area contributed by atoms with Gasteiger partial charge in [-0.2, -0.15) is 0 Å². The Balaban J connectivity index is 2.01. The number of benzene rings is 2. The lowest BCUT2D eigenvalue weighted by Gasteiger charge is -2.29. The van der Waals surface area contributed by atoms with Crippen molar-refractivity contribution in [3.8, 4) is 11.1 Å². The van der Waals surface area contributed by atoms with E-state index in [1.807, 2.05) is 0 Å². The van der Waals surface area contributed by atoms with Crippen LogP contribution in [0, 0.1) is 0 Å². The molecule has 0 fully saturated rings. The smallest absolute Gasteiger partial charge is 0.0147 e. The normalized spacial score (nSPS) is 20.3. The summed E-state index contributed by atoms with van der Waals surface area (Å²) in [4.78, 5) is 0. The van der Waals surface area contributed by atoms with Gasteiger partial charge in [-0.15, -0.1) is 0 Å². The monoisotopic (exact) mass is 288 g/mol. The fourth-order valence-corrected chi connectivity index (χ4v) is 3.30. The van der Waals surface area contributed by atoms with Crippen molar-refractivity contribution in [3.63, 3.8) is 0 Å². The minimum atomic E-state index is 0.0907. The molecule has 0 nitrogen and oxygen atoms in total. The molecule has 22 heavy (non-hydrogen) atoms. The van der Waals surface area contributed by atoms with Crippen LogP contribution in [0.1, 0.15) is 37.8 Å². The Morgan fingerprint density at radius 2 is 1.73 bits per heavy atom. The van der Waals surface area contributed by atoms with Crippen LogP contribution in [0.3, 0.4) is 0 Å². The average molecular weight is 288 g/mol. The largest absolute Gasteiger partial charge is 0.0834 e. The maximum Gasteiger partial charge on any atom is 0.0147 e. The maximum absolute atomic E-state index is 2.33. The summed E-state index contributed by atoms with van der Waals surface area (Å²) < 4.78 is 0. The van der Waals surface area contributed by atoms with Crippen LogP contribution in [0.4, 0.5) is 0 Å². The van der Waals surface area contributed by atoms with E-state index in [1.54, 1.807) is 0 Å². The second kappa shape index (κ2) is 6.36. The van der Waals surface area contributed by atoms with Gasteiger partial charge in [0.1, 0.15) is 0 Å². The second-order valence-electron chi connectivity index (χ2n) is 6.40. The first-order valence-corrected chi connectivity index (χ1v) is 8.26. The predicted octanol–water partition coefficient (Wildman–Crippen LogP) is 6.08. The number of rotatable bonds is 4. The van der Waals surface area contributed by atoms with E-state index in [0.717, 1.165) is 12.8 Å². The molecule has 0 radical (unpaired) electrons. The highest BCUT2D eigenvalue weighted by atomic mass is 14.3. The number of hydrogen-bond acceptors (Lipinski definition) is 0. The highest BCUT2D eigenvalue weighted by Gasteiger charge is 2.26. The third-order valence-corrected chi connectivity index (χ3v) is 4.60. The molecule has 3 rings (SSSR count). The van der Waals surface area contributed by atoms with E-state index in [9.17, 15) is 0 Å². The molecule has 0 saturated heterocycles. The van der Waals surface area contributed by atoms with E-state index in [0.29, 0.717) is 0 Å². The van der Waals surface area contributed by atoms with Crippen molar-refractivity contribution in [2.24, 2.45) is 0 Å². The SMILES string of the molecule is CCCc1ccc(-c2ccccc2C2(C)C=CC=CC2)cc1. The van der Waals surface area contributed by atoms with Crippen molar-refractivity contribution in [2.45, 2.75) is 38.5 Å². The Morgan fingerprint density at radius 1 is 0.955 bits per heavy atom. The molecule has 0 heterocycles. The van der Waals surface area contributed by atoms with Crippen LogP contribution in [0.2, 0.25) is 0 Å². The molecule has 2 aromatic carbocycles. The van der Waals surface area contributed by atoms with Crippen molar-refractivity contribution in [1.82, 2.24) is 0 Å². The lowest BCUT2D eigenvalue weighted by Crippen LogP contribution is -2.20. The molecule has 2 aromatic rings. The minimum Gasteiger partial charge on any atom is -0.0834 e. The molecule has 0 saturated carbocycles. The highest BCUT2D eigenvalue weighted by molar-refractivity contribution is 5.70. The molecule has 0 aliphatic heterocycles. The molecule has 112 valence electrons. The summed E-state index contributed by atoms with van der Waals surface area (Å²) >= 11 is 0. The van der Waals surface area contributed by atoms with E-state index in [-0.39, 0.29) is 5.41 Å². The van der Waals surface area contributed by atoms with Crippen LogP contribution in [0.5, 0.6) is 0 Å². The summed E-state index contributed by atoms with van der Waals surface area (Å²) in [5.41, 5.74) is 5.61. The van der Waals surface area contributed by atoms with Crippen LogP contribution >= 0.6 is 0 Å². The van der Waals surface area contributed by atoms with Gasteiger partial charge >= 0.3 is 0 Å². The first kappa shape index (κ1) is 14.8. The molecule has 0 bridgehead atoms. The number of allylic oxidation sites excluding steroid dienone is 4. The Bertz CT molecular complexity index is 688. The Kier molecular flexibility index (Phi) is 4.29. The third-order valence-electron chi connectivity index (χ3n) is 4.60. The van der Waals surface area contributed by atoms with E-state index in [2.05, 4.69) is 86.7 Å². The maximum atomic E-state index is 2.33. The van der Waals surface area contributed by atoms with E-state index in [1.165, 1.54) is 28.7 Å². The molecular weight excluding hydrogens is 264 g/mol. The van der Waals surface area contributed by atoms with Gasteiger partial charge in [0.25, 0.3) is 0 Å². The van der Waals surface area contributed by atoms with Crippen molar-refractivity contribution in [2.75, 3.05) is 0 Å². The quantitative estimate of drug-likeness (QED) is 0.639. The Hall–Kier alpha value is -2.08. The Morgan fingerprint density at radius 3 is 2.41 bits per heavy atom. The van der Waals surface area contributed by atoms with Gasteiger partial charge in [-0.3, -0.25) is 0 Å². The summed E-state index contributed by atoms with van der Waals surface area (Å²) in [6.45, 7) is 4.56.